The van der Waals surface area contributed by atoms with E-state index in [-0.39, 0.29) is 5.31 Å². The molecule has 0 nitrogen and oxygen atoms in total. The van der Waals surface area contributed by atoms with Crippen molar-refractivity contribution in [3.8, 4) is 11.1 Å². The summed E-state index contributed by atoms with van der Waals surface area (Å²) in [6.45, 7) is 4.70. The van der Waals surface area contributed by atoms with Crippen LogP contribution in [-0.4, -0.2) is 14.9 Å². The number of fused-ring (bicyclic) bond motifs is 4. The number of hydrogen-bond donors (Lipinski definition) is 0. The van der Waals surface area contributed by atoms with E-state index in [0.717, 1.165) is 7.17 Å². The Labute approximate surface area is 150 Å². The Morgan fingerprint density at radius 2 is 1.40 bits per heavy atom. The second-order valence-corrected chi connectivity index (χ2v) is 7.50. The van der Waals surface area contributed by atoms with Crippen LogP contribution in [0, 0.1) is 6.92 Å². The fraction of sp³-hybridized carbons (Fsp3) is 0.130. The topological polar surface area (TPSA) is 0 Å². The van der Waals surface area contributed by atoms with Crippen molar-refractivity contribution in [1.29, 1.82) is 0 Å². The zero-order chi connectivity index (χ0) is 17.2. The van der Waals surface area contributed by atoms with Crippen LogP contribution in [0.3, 0.4) is 0 Å². The monoisotopic (exact) mass is 318 g/mol. The van der Waals surface area contributed by atoms with Crippen molar-refractivity contribution in [2.24, 2.45) is 0 Å². The first-order valence-corrected chi connectivity index (χ1v) is 9.21. The summed E-state index contributed by atoms with van der Waals surface area (Å²) < 4.78 is 0. The van der Waals surface area contributed by atoms with Gasteiger partial charge in [-0.2, -0.15) is 0 Å². The van der Waals surface area contributed by atoms with Crippen LogP contribution < -0.4 is 0 Å². The highest BCUT2D eigenvalue weighted by Crippen LogP contribution is 2.51. The van der Waals surface area contributed by atoms with Gasteiger partial charge in [0.25, 0.3) is 0 Å². The maximum absolute atomic E-state index is 2.43. The smallest absolute Gasteiger partial charge is 0.0619 e. The minimum absolute atomic E-state index is 0.0382. The SMILES string of the molecule is BBC1(C)c2ccccc2-c2cccc3c(C)c4ccccc4c1c23. The predicted octanol–water partition coefficient (Wildman–Crippen LogP) is 4.53. The quantitative estimate of drug-likeness (QED) is 0.357. The van der Waals surface area contributed by atoms with Crippen molar-refractivity contribution in [3.05, 3.63) is 83.4 Å². The highest BCUT2D eigenvalue weighted by atomic mass is 14.3. The molecule has 0 heterocycles. The van der Waals surface area contributed by atoms with Gasteiger partial charge in [0.05, 0.1) is 7.74 Å². The maximum Gasteiger partial charge on any atom is 0.101 e. The lowest BCUT2D eigenvalue weighted by Crippen LogP contribution is -2.34. The third-order valence-corrected chi connectivity index (χ3v) is 6.39. The zero-order valence-electron chi connectivity index (χ0n) is 15.1. The van der Waals surface area contributed by atoms with E-state index in [1.54, 1.807) is 0 Å². The van der Waals surface area contributed by atoms with E-state index in [1.807, 2.05) is 0 Å². The van der Waals surface area contributed by atoms with E-state index in [4.69, 9.17) is 0 Å². The molecule has 1 atom stereocenters. The molecule has 118 valence electrons. The van der Waals surface area contributed by atoms with E-state index in [0.29, 0.717) is 0 Å². The van der Waals surface area contributed by atoms with Crippen LogP contribution >= 0.6 is 0 Å². The number of aryl methyl sites for hydroxylation is 1. The molecule has 4 aromatic rings. The Morgan fingerprint density at radius 1 is 0.760 bits per heavy atom. The average Bonchev–Trinajstić information content (AvgIpc) is 2.67. The lowest BCUT2D eigenvalue weighted by atomic mass is 9.34. The van der Waals surface area contributed by atoms with Gasteiger partial charge in [-0.15, -0.1) is 0 Å². The molecule has 1 aliphatic rings. The second-order valence-electron chi connectivity index (χ2n) is 7.50. The number of rotatable bonds is 1. The van der Waals surface area contributed by atoms with Gasteiger partial charge in [0.2, 0.25) is 0 Å². The minimum atomic E-state index is 0.0382. The van der Waals surface area contributed by atoms with Gasteiger partial charge in [0.15, 0.2) is 0 Å². The Morgan fingerprint density at radius 3 is 2.20 bits per heavy atom. The highest BCUT2D eigenvalue weighted by Gasteiger charge is 2.37. The summed E-state index contributed by atoms with van der Waals surface area (Å²) in [7, 11) is 3.42. The van der Waals surface area contributed by atoms with Gasteiger partial charge in [-0.25, -0.2) is 0 Å². The highest BCUT2D eigenvalue weighted by molar-refractivity contribution is 6.91. The summed E-state index contributed by atoms with van der Waals surface area (Å²) in [5, 5.41) is 5.71. The van der Waals surface area contributed by atoms with Gasteiger partial charge in [0, 0.05) is 0 Å². The molecule has 1 unspecified atom stereocenters. The van der Waals surface area contributed by atoms with Gasteiger partial charge < -0.3 is 0 Å². The molecule has 2 heteroatoms. The van der Waals surface area contributed by atoms with Crippen molar-refractivity contribution in [1.82, 2.24) is 0 Å². The van der Waals surface area contributed by atoms with Crippen molar-refractivity contribution in [2.45, 2.75) is 19.2 Å². The molecule has 0 bridgehead atoms. The molecule has 0 amide bonds. The van der Waals surface area contributed by atoms with Gasteiger partial charge in [-0.1, -0.05) is 73.7 Å². The normalized spacial score (nSPS) is 18.3. The van der Waals surface area contributed by atoms with Crippen molar-refractivity contribution < 1.29 is 0 Å². The molecule has 25 heavy (non-hydrogen) atoms. The lowest BCUT2D eigenvalue weighted by molar-refractivity contribution is 0.830. The molecule has 0 aromatic heterocycles. The van der Waals surface area contributed by atoms with Crippen LogP contribution in [-0.2, 0) is 5.31 Å². The molecule has 0 fully saturated rings. The summed E-state index contributed by atoms with van der Waals surface area (Å²) in [4.78, 5) is 0. The van der Waals surface area contributed by atoms with Crippen LogP contribution in [0.1, 0.15) is 23.6 Å². The second kappa shape index (κ2) is 5.02. The van der Waals surface area contributed by atoms with E-state index in [2.05, 4.69) is 88.3 Å². The lowest BCUT2D eigenvalue weighted by Gasteiger charge is -2.39. The van der Waals surface area contributed by atoms with Crippen LogP contribution in [0.4, 0.5) is 0 Å². The fourth-order valence-electron chi connectivity index (χ4n) is 4.94. The van der Waals surface area contributed by atoms with Gasteiger partial charge in [-0.05, 0) is 61.6 Å². The molecule has 4 aromatic carbocycles. The van der Waals surface area contributed by atoms with Crippen molar-refractivity contribution >= 4 is 36.5 Å². The Kier molecular flexibility index (Phi) is 2.98. The number of hydrogen-bond acceptors (Lipinski definition) is 0. The maximum atomic E-state index is 2.43. The van der Waals surface area contributed by atoms with E-state index in [1.165, 1.54) is 49.4 Å². The average molecular weight is 318 g/mol. The first-order valence-electron chi connectivity index (χ1n) is 9.21. The third-order valence-electron chi connectivity index (χ3n) is 6.39. The largest absolute Gasteiger partial charge is 0.101 e. The Balaban J connectivity index is 2.14. The van der Waals surface area contributed by atoms with Crippen LogP contribution in [0.5, 0.6) is 0 Å². The summed E-state index contributed by atoms with van der Waals surface area (Å²) in [5.41, 5.74) is 7.17. The van der Waals surface area contributed by atoms with Crippen LogP contribution in [0.25, 0.3) is 32.7 Å². The third kappa shape index (κ3) is 1.75. The van der Waals surface area contributed by atoms with E-state index >= 15 is 0 Å². The molecular weight excluding hydrogens is 298 g/mol. The standard InChI is InChI=1S/C23H20B2/c1-14-15-8-3-4-10-19(15)22-21-16(14)11-7-12-18(21)17-9-5-6-13-20(17)23(22,2)25-24/h3-13,25H,24H2,1-2H3. The van der Waals surface area contributed by atoms with Gasteiger partial charge >= 0.3 is 0 Å². The predicted molar refractivity (Wildman–Crippen MR) is 114 cm³/mol. The molecule has 5 rings (SSSR count). The van der Waals surface area contributed by atoms with Crippen molar-refractivity contribution in [2.75, 3.05) is 0 Å². The minimum Gasteiger partial charge on any atom is -0.0619 e. The summed E-state index contributed by atoms with van der Waals surface area (Å²) in [5.74, 6) is 0. The summed E-state index contributed by atoms with van der Waals surface area (Å²) in [6, 6.07) is 24.7. The summed E-state index contributed by atoms with van der Waals surface area (Å²) >= 11 is 0. The Bertz CT molecular complexity index is 1160. The van der Waals surface area contributed by atoms with Crippen molar-refractivity contribution in [3.63, 3.8) is 0 Å². The molecule has 0 saturated heterocycles. The first kappa shape index (κ1) is 14.8. The number of benzene rings is 4. The molecule has 0 aliphatic heterocycles. The van der Waals surface area contributed by atoms with Crippen LogP contribution in [0.2, 0.25) is 0 Å². The van der Waals surface area contributed by atoms with Crippen LogP contribution in [0.15, 0.2) is 66.7 Å². The zero-order valence-corrected chi connectivity index (χ0v) is 15.1. The van der Waals surface area contributed by atoms with E-state index in [9.17, 15) is 0 Å². The summed E-state index contributed by atoms with van der Waals surface area (Å²) in [6.07, 6.45) is 0. The molecule has 0 spiro atoms. The first-order chi connectivity index (χ1) is 12.2. The molecule has 0 saturated carbocycles. The van der Waals surface area contributed by atoms with Gasteiger partial charge in [0.1, 0.15) is 7.17 Å². The Hall–Kier alpha value is -2.47. The molecule has 0 N–H and O–H groups in total. The molecule has 1 aliphatic carbocycles. The fourth-order valence-corrected chi connectivity index (χ4v) is 4.94. The molecular formula is C23H20B2. The van der Waals surface area contributed by atoms with E-state index < -0.39 is 0 Å². The van der Waals surface area contributed by atoms with Gasteiger partial charge in [-0.3, -0.25) is 0 Å². The molecule has 0 radical (unpaired) electrons.